The van der Waals surface area contributed by atoms with Crippen molar-refractivity contribution in [3.05, 3.63) is 57.3 Å². The van der Waals surface area contributed by atoms with Crippen LogP contribution in [-0.2, 0) is 4.79 Å². The highest BCUT2D eigenvalue weighted by atomic mass is 79.9. The maximum atomic E-state index is 11.7. The molecule has 8 heteroatoms. The summed E-state index contributed by atoms with van der Waals surface area (Å²) in [5.41, 5.74) is 5.65. The first kappa shape index (κ1) is 17.2. The molecule has 0 fully saturated rings. The van der Waals surface area contributed by atoms with Crippen LogP contribution in [0.5, 0.6) is 5.75 Å². The fourth-order valence-electron chi connectivity index (χ4n) is 1.74. The summed E-state index contributed by atoms with van der Waals surface area (Å²) >= 11 is 9.38. The first-order chi connectivity index (χ1) is 11.0. The second-order valence-corrected chi connectivity index (χ2v) is 5.89. The Kier molecular flexibility index (Phi) is 5.95. The highest BCUT2D eigenvalue weighted by molar-refractivity contribution is 9.10. The molecule has 0 spiro atoms. The standard InChI is InChI=1S/C15H13BrClN3O3/c1-9-5-11(16)6-12(17)14(9)23-8-13(21)19-20-15(22)10-3-2-4-18-7-10/h2-7H,8H2,1H3,(H,19,21)(H,20,22). The van der Waals surface area contributed by atoms with Crippen LogP contribution in [0.25, 0.3) is 0 Å². The number of nitrogens with one attached hydrogen (secondary N) is 2. The van der Waals surface area contributed by atoms with E-state index < -0.39 is 11.8 Å². The Hall–Kier alpha value is -2.12. The molecule has 2 rings (SSSR count). The van der Waals surface area contributed by atoms with Crippen LogP contribution in [0.3, 0.4) is 0 Å². The maximum Gasteiger partial charge on any atom is 0.276 e. The zero-order chi connectivity index (χ0) is 16.8. The third-order valence-corrected chi connectivity index (χ3v) is 3.52. The van der Waals surface area contributed by atoms with E-state index in [-0.39, 0.29) is 6.61 Å². The quantitative estimate of drug-likeness (QED) is 0.776. The summed E-state index contributed by atoms with van der Waals surface area (Å²) in [6.07, 6.45) is 2.94. The third-order valence-electron chi connectivity index (χ3n) is 2.78. The minimum Gasteiger partial charge on any atom is -0.482 e. The number of nitrogens with zero attached hydrogens (tertiary/aromatic N) is 1. The number of amides is 2. The number of carbonyl (C=O) groups excluding carboxylic acids is 2. The Morgan fingerprint density at radius 3 is 2.78 bits per heavy atom. The van der Waals surface area contributed by atoms with Gasteiger partial charge in [-0.05, 0) is 36.8 Å². The summed E-state index contributed by atoms with van der Waals surface area (Å²) in [6.45, 7) is 1.53. The van der Waals surface area contributed by atoms with Gasteiger partial charge in [0.05, 0.1) is 10.6 Å². The number of hydrogen-bond acceptors (Lipinski definition) is 4. The number of pyridine rings is 1. The largest absolute Gasteiger partial charge is 0.482 e. The van der Waals surface area contributed by atoms with E-state index >= 15 is 0 Å². The van der Waals surface area contributed by atoms with Crippen molar-refractivity contribution in [1.29, 1.82) is 0 Å². The summed E-state index contributed by atoms with van der Waals surface area (Å²) in [7, 11) is 0. The lowest BCUT2D eigenvalue weighted by Gasteiger charge is -2.12. The Morgan fingerprint density at radius 2 is 2.13 bits per heavy atom. The van der Waals surface area contributed by atoms with Crippen LogP contribution >= 0.6 is 27.5 Å². The van der Waals surface area contributed by atoms with E-state index in [9.17, 15) is 9.59 Å². The van der Waals surface area contributed by atoms with Gasteiger partial charge in [-0.2, -0.15) is 0 Å². The summed E-state index contributed by atoms with van der Waals surface area (Å²) in [5.74, 6) is -0.562. The lowest BCUT2D eigenvalue weighted by Crippen LogP contribution is -2.43. The van der Waals surface area contributed by atoms with Crippen LogP contribution in [0.4, 0.5) is 0 Å². The molecule has 2 N–H and O–H groups in total. The molecule has 120 valence electrons. The first-order valence-electron chi connectivity index (χ1n) is 6.55. The number of aryl methyl sites for hydroxylation is 1. The predicted octanol–water partition coefficient (Wildman–Crippen LogP) is 2.65. The van der Waals surface area contributed by atoms with Gasteiger partial charge in [0.25, 0.3) is 11.8 Å². The fourth-order valence-corrected chi connectivity index (χ4v) is 2.77. The van der Waals surface area contributed by atoms with Crippen molar-refractivity contribution in [2.45, 2.75) is 6.92 Å². The van der Waals surface area contributed by atoms with Gasteiger partial charge in [-0.1, -0.05) is 27.5 Å². The Bertz CT molecular complexity index is 702. The zero-order valence-corrected chi connectivity index (χ0v) is 14.4. The molecule has 0 aliphatic heterocycles. The average molecular weight is 399 g/mol. The summed E-state index contributed by atoms with van der Waals surface area (Å²) in [6, 6.07) is 6.70. The van der Waals surface area contributed by atoms with Gasteiger partial charge in [0, 0.05) is 16.9 Å². The Balaban J connectivity index is 1.85. The van der Waals surface area contributed by atoms with E-state index in [1.54, 1.807) is 24.4 Å². The highest BCUT2D eigenvalue weighted by Gasteiger charge is 2.11. The van der Waals surface area contributed by atoms with Gasteiger partial charge in [-0.3, -0.25) is 25.4 Å². The van der Waals surface area contributed by atoms with Crippen molar-refractivity contribution in [2.24, 2.45) is 0 Å². The van der Waals surface area contributed by atoms with Crippen LogP contribution < -0.4 is 15.6 Å². The maximum absolute atomic E-state index is 11.7. The molecule has 2 amide bonds. The van der Waals surface area contributed by atoms with Gasteiger partial charge >= 0.3 is 0 Å². The predicted molar refractivity (Wildman–Crippen MR) is 89.2 cm³/mol. The van der Waals surface area contributed by atoms with Crippen molar-refractivity contribution in [2.75, 3.05) is 6.61 Å². The second-order valence-electron chi connectivity index (χ2n) is 4.57. The summed E-state index contributed by atoms with van der Waals surface area (Å²) < 4.78 is 6.21. The van der Waals surface area contributed by atoms with Crippen LogP contribution in [-0.4, -0.2) is 23.4 Å². The molecule has 6 nitrogen and oxygen atoms in total. The van der Waals surface area contributed by atoms with Crippen LogP contribution in [0.1, 0.15) is 15.9 Å². The molecule has 0 unspecified atom stereocenters. The van der Waals surface area contributed by atoms with Crippen molar-refractivity contribution in [3.8, 4) is 5.75 Å². The third kappa shape index (κ3) is 4.94. The Morgan fingerprint density at radius 1 is 1.35 bits per heavy atom. The molecule has 1 aromatic heterocycles. The summed E-state index contributed by atoms with van der Waals surface area (Å²) in [4.78, 5) is 27.3. The molecule has 0 aliphatic rings. The van der Waals surface area contributed by atoms with E-state index in [4.69, 9.17) is 16.3 Å². The molecule has 0 aliphatic carbocycles. The first-order valence-corrected chi connectivity index (χ1v) is 7.72. The molecular weight excluding hydrogens is 386 g/mol. The second kappa shape index (κ2) is 7.94. The molecule has 1 aromatic carbocycles. The normalized spacial score (nSPS) is 10.0. The molecule has 0 saturated carbocycles. The van der Waals surface area contributed by atoms with Crippen LogP contribution in [0.15, 0.2) is 41.1 Å². The number of hydrogen-bond donors (Lipinski definition) is 2. The van der Waals surface area contributed by atoms with Gasteiger partial charge < -0.3 is 4.74 Å². The van der Waals surface area contributed by atoms with Crippen molar-refractivity contribution in [1.82, 2.24) is 15.8 Å². The van der Waals surface area contributed by atoms with Crippen LogP contribution in [0.2, 0.25) is 5.02 Å². The Labute approximate surface area is 146 Å². The molecule has 23 heavy (non-hydrogen) atoms. The molecule has 2 aromatic rings. The lowest BCUT2D eigenvalue weighted by atomic mass is 10.2. The minimum atomic E-state index is -0.513. The molecule has 0 saturated heterocycles. The average Bonchev–Trinajstić information content (AvgIpc) is 2.52. The number of halogens is 2. The number of benzene rings is 1. The lowest BCUT2D eigenvalue weighted by molar-refractivity contribution is -0.123. The van der Waals surface area contributed by atoms with Gasteiger partial charge in [0.15, 0.2) is 6.61 Å². The van der Waals surface area contributed by atoms with Gasteiger partial charge in [0.1, 0.15) is 5.75 Å². The number of ether oxygens (including phenoxy) is 1. The van der Waals surface area contributed by atoms with Gasteiger partial charge in [-0.15, -0.1) is 0 Å². The summed E-state index contributed by atoms with van der Waals surface area (Å²) in [5, 5.41) is 0.393. The number of carbonyl (C=O) groups is 2. The van der Waals surface area contributed by atoms with E-state index in [0.717, 1.165) is 10.0 Å². The highest BCUT2D eigenvalue weighted by Crippen LogP contribution is 2.31. The molecule has 1 heterocycles. The fraction of sp³-hybridized carbons (Fsp3) is 0.133. The molecular formula is C15H13BrClN3O3. The minimum absolute atomic E-state index is 0.282. The van der Waals surface area contributed by atoms with Gasteiger partial charge in [-0.25, -0.2) is 0 Å². The topological polar surface area (TPSA) is 80.3 Å². The van der Waals surface area contributed by atoms with Crippen molar-refractivity contribution < 1.29 is 14.3 Å². The van der Waals surface area contributed by atoms with Crippen molar-refractivity contribution in [3.63, 3.8) is 0 Å². The molecule has 0 atom stereocenters. The molecule has 0 bridgehead atoms. The van der Waals surface area contributed by atoms with Crippen LogP contribution in [0, 0.1) is 6.92 Å². The van der Waals surface area contributed by atoms with E-state index in [1.165, 1.54) is 6.20 Å². The number of rotatable bonds is 4. The zero-order valence-electron chi connectivity index (χ0n) is 12.1. The monoisotopic (exact) mass is 397 g/mol. The van der Waals surface area contributed by atoms with Gasteiger partial charge in [0.2, 0.25) is 0 Å². The number of hydrazine groups is 1. The smallest absolute Gasteiger partial charge is 0.276 e. The number of aromatic nitrogens is 1. The molecule has 0 radical (unpaired) electrons. The van der Waals surface area contributed by atoms with Crippen molar-refractivity contribution >= 4 is 39.3 Å². The SMILES string of the molecule is Cc1cc(Br)cc(Cl)c1OCC(=O)NNC(=O)c1cccnc1. The van der Waals surface area contributed by atoms with E-state index in [1.807, 2.05) is 13.0 Å². The van der Waals surface area contributed by atoms with E-state index in [0.29, 0.717) is 16.3 Å². The van der Waals surface area contributed by atoms with E-state index in [2.05, 4.69) is 31.8 Å².